The lowest BCUT2D eigenvalue weighted by Crippen LogP contribution is -2.38. The molecule has 2 aliphatic rings. The van der Waals surface area contributed by atoms with Crippen LogP contribution < -0.4 is 20.1 Å². The van der Waals surface area contributed by atoms with Crippen molar-refractivity contribution in [2.24, 2.45) is 0 Å². The summed E-state index contributed by atoms with van der Waals surface area (Å²) in [5.41, 5.74) is 1.75. The summed E-state index contributed by atoms with van der Waals surface area (Å²) in [5, 5.41) is 15.5. The van der Waals surface area contributed by atoms with E-state index in [0.717, 1.165) is 23.4 Å². The Morgan fingerprint density at radius 2 is 1.91 bits per heavy atom. The number of likely N-dealkylation sites (N-methyl/N-ethyl adjacent to an activating group) is 1. The summed E-state index contributed by atoms with van der Waals surface area (Å²) in [6, 6.07) is 9.14. The number of hydrogen-bond acceptors (Lipinski definition) is 9. The first-order valence-electron chi connectivity index (χ1n) is 13.8. The van der Waals surface area contributed by atoms with Crippen molar-refractivity contribution >= 4 is 39.2 Å². The van der Waals surface area contributed by atoms with Gasteiger partial charge in [-0.2, -0.15) is 9.29 Å². The predicted molar refractivity (Wildman–Crippen MR) is 159 cm³/mol. The Morgan fingerprint density at radius 3 is 2.60 bits per heavy atom. The number of fused-ring (bicyclic) bond motifs is 1. The molecule has 0 unspecified atom stereocenters. The van der Waals surface area contributed by atoms with Crippen LogP contribution in [0.5, 0.6) is 11.6 Å². The van der Waals surface area contributed by atoms with Crippen molar-refractivity contribution in [1.82, 2.24) is 19.6 Å². The number of hydrogen-bond donors (Lipinski definition) is 3. The van der Waals surface area contributed by atoms with Crippen LogP contribution in [0.2, 0.25) is 5.02 Å². The van der Waals surface area contributed by atoms with E-state index in [4.69, 9.17) is 21.1 Å². The number of aromatic nitrogens is 2. The van der Waals surface area contributed by atoms with Gasteiger partial charge in [0.05, 0.1) is 43.0 Å². The van der Waals surface area contributed by atoms with Gasteiger partial charge in [-0.25, -0.2) is 17.8 Å². The monoisotopic (exact) mass is 633 g/mol. The molecule has 1 heterocycles. The van der Waals surface area contributed by atoms with Gasteiger partial charge in [0.25, 0.3) is 5.91 Å². The summed E-state index contributed by atoms with van der Waals surface area (Å²) in [4.78, 5) is 21.4. The van der Waals surface area contributed by atoms with E-state index in [1.54, 1.807) is 0 Å². The fourth-order valence-corrected chi connectivity index (χ4v) is 6.31. The average Bonchev–Trinajstić information content (AvgIpc) is 3.32. The topological polar surface area (TPSA) is 143 Å². The summed E-state index contributed by atoms with van der Waals surface area (Å²) >= 11 is 6.38. The maximum absolute atomic E-state index is 15.2. The van der Waals surface area contributed by atoms with Crippen LogP contribution in [0.15, 0.2) is 42.6 Å². The molecule has 0 bridgehead atoms. The van der Waals surface area contributed by atoms with Gasteiger partial charge < -0.3 is 25.2 Å². The third-order valence-electron chi connectivity index (χ3n) is 7.85. The van der Waals surface area contributed by atoms with E-state index in [1.165, 1.54) is 30.7 Å². The van der Waals surface area contributed by atoms with Crippen molar-refractivity contribution in [3.05, 3.63) is 70.1 Å². The minimum atomic E-state index is -3.56. The molecular weight excluding hydrogens is 601 g/mol. The van der Waals surface area contributed by atoms with Crippen molar-refractivity contribution in [1.29, 1.82) is 0 Å². The number of nitrogens with zero attached hydrogens (tertiary/aromatic N) is 3. The second kappa shape index (κ2) is 12.6. The number of ether oxygens (including phenoxy) is 2. The summed E-state index contributed by atoms with van der Waals surface area (Å²) in [7, 11) is -0.676. The van der Waals surface area contributed by atoms with Crippen LogP contribution in [0.3, 0.4) is 0 Å². The lowest BCUT2D eigenvalue weighted by atomic mass is 9.93. The number of benzene rings is 2. The van der Waals surface area contributed by atoms with Crippen molar-refractivity contribution in [2.75, 3.05) is 25.7 Å². The predicted octanol–water partition coefficient (Wildman–Crippen LogP) is 3.99. The third kappa shape index (κ3) is 6.85. The highest BCUT2D eigenvalue weighted by atomic mass is 35.5. The van der Waals surface area contributed by atoms with Crippen LogP contribution in [-0.2, 0) is 16.4 Å². The van der Waals surface area contributed by atoms with E-state index in [9.17, 15) is 18.3 Å². The Hall–Kier alpha value is -3.52. The Morgan fingerprint density at radius 1 is 1.19 bits per heavy atom. The number of carbonyl (C=O) groups is 1. The number of halogens is 2. The van der Waals surface area contributed by atoms with Gasteiger partial charge in [-0.1, -0.05) is 35.9 Å². The van der Waals surface area contributed by atoms with Gasteiger partial charge in [0.2, 0.25) is 21.9 Å². The molecule has 1 saturated carbocycles. The molecule has 1 fully saturated rings. The minimum absolute atomic E-state index is 0.0110. The lowest BCUT2D eigenvalue weighted by Gasteiger charge is -2.28. The fraction of sp³-hybridized carbons (Fsp3) is 0.414. The van der Waals surface area contributed by atoms with Crippen molar-refractivity contribution in [3.8, 4) is 11.6 Å². The van der Waals surface area contributed by atoms with E-state index in [2.05, 4.69) is 20.6 Å². The van der Waals surface area contributed by atoms with E-state index in [-0.39, 0.29) is 46.0 Å². The average molecular weight is 634 g/mol. The third-order valence-corrected chi connectivity index (χ3v) is 9.38. The molecule has 0 spiro atoms. The normalized spacial score (nSPS) is 21.7. The molecule has 230 valence electrons. The summed E-state index contributed by atoms with van der Waals surface area (Å²) < 4.78 is 52.9. The second-order valence-corrected chi connectivity index (χ2v) is 13.2. The zero-order chi connectivity index (χ0) is 30.9. The van der Waals surface area contributed by atoms with E-state index in [0.29, 0.717) is 32.1 Å². The highest BCUT2D eigenvalue weighted by Gasteiger charge is 2.40. The first-order chi connectivity index (χ1) is 20.4. The number of methoxy groups -OCH3 is 1. The SMILES string of the molecule is COc1cc(C(=O)NC2CCC(O)CC2)c(F)cc1Nc1ncc(Cl)c(O[C@@H]2Cc3ccccc3[C@H]2N(C)S(C)(=O)=O)n1. The summed E-state index contributed by atoms with van der Waals surface area (Å²) in [6.07, 6.45) is 4.25. The molecule has 3 N–H and O–H groups in total. The van der Waals surface area contributed by atoms with Crippen LogP contribution >= 0.6 is 11.6 Å². The number of aliphatic hydroxyl groups excluding tert-OH is 1. The Kier molecular flexibility index (Phi) is 9.07. The highest BCUT2D eigenvalue weighted by molar-refractivity contribution is 7.88. The number of anilines is 2. The van der Waals surface area contributed by atoms with E-state index < -0.39 is 33.9 Å². The number of rotatable bonds is 9. The maximum atomic E-state index is 15.2. The van der Waals surface area contributed by atoms with Gasteiger partial charge in [-0.3, -0.25) is 4.79 Å². The zero-order valence-electron chi connectivity index (χ0n) is 23.9. The maximum Gasteiger partial charge on any atom is 0.254 e. The molecule has 0 aliphatic heterocycles. The standard InChI is InChI=1S/C29H33ClFN5O6S/c1-36(43(3,39)40)26-19-7-5-4-6-16(19)12-25(26)42-28-21(30)15-32-29(35-28)34-23-14-22(31)20(13-24(23)41-2)27(38)33-17-8-10-18(37)11-9-17/h4-7,13-15,17-18,25-26,37H,8-12H2,1-3H3,(H,33,38)(H,32,34,35)/t17?,18?,25-,26-/m1/s1. The number of amides is 1. The summed E-state index contributed by atoms with van der Waals surface area (Å²) in [5.74, 6) is -1.16. The largest absolute Gasteiger partial charge is 0.495 e. The molecule has 1 amide bonds. The van der Waals surface area contributed by atoms with E-state index in [1.807, 2.05) is 24.3 Å². The first-order valence-corrected chi connectivity index (χ1v) is 16.0. The van der Waals surface area contributed by atoms with Gasteiger partial charge in [0.1, 0.15) is 22.7 Å². The molecule has 5 rings (SSSR count). The van der Waals surface area contributed by atoms with Crippen LogP contribution in [0.1, 0.15) is 53.2 Å². The molecule has 14 heteroatoms. The molecular formula is C29H33ClFN5O6S. The van der Waals surface area contributed by atoms with Gasteiger partial charge in [0.15, 0.2) is 0 Å². The molecule has 2 aliphatic carbocycles. The van der Waals surface area contributed by atoms with Crippen LogP contribution in [0.4, 0.5) is 16.0 Å². The second-order valence-electron chi connectivity index (χ2n) is 10.8. The van der Waals surface area contributed by atoms with Gasteiger partial charge in [-0.05, 0) is 42.9 Å². The lowest BCUT2D eigenvalue weighted by molar-refractivity contribution is 0.0863. The summed E-state index contributed by atoms with van der Waals surface area (Å²) in [6.45, 7) is 0. The smallest absolute Gasteiger partial charge is 0.254 e. The fourth-order valence-electron chi connectivity index (χ4n) is 5.52. The Labute approximate surface area is 254 Å². The number of aliphatic hydroxyl groups is 1. The van der Waals surface area contributed by atoms with Gasteiger partial charge in [-0.15, -0.1) is 0 Å². The quantitative estimate of drug-likeness (QED) is 0.319. The molecule has 0 radical (unpaired) electrons. The van der Waals surface area contributed by atoms with Gasteiger partial charge >= 0.3 is 0 Å². The highest BCUT2D eigenvalue weighted by Crippen LogP contribution is 2.40. The number of nitrogens with one attached hydrogen (secondary N) is 2. The molecule has 11 nitrogen and oxygen atoms in total. The minimum Gasteiger partial charge on any atom is -0.495 e. The van der Waals surface area contributed by atoms with Gasteiger partial charge in [0, 0.05) is 25.6 Å². The zero-order valence-corrected chi connectivity index (χ0v) is 25.5. The molecule has 1 aromatic heterocycles. The Bertz CT molecular complexity index is 1620. The van der Waals surface area contributed by atoms with Crippen LogP contribution in [0.25, 0.3) is 0 Å². The molecule has 0 saturated heterocycles. The Balaban J connectivity index is 1.36. The number of carbonyl (C=O) groups excluding carboxylic acids is 1. The van der Waals surface area contributed by atoms with Crippen molar-refractivity contribution in [2.45, 2.75) is 56.4 Å². The van der Waals surface area contributed by atoms with Crippen molar-refractivity contribution in [3.63, 3.8) is 0 Å². The van der Waals surface area contributed by atoms with E-state index >= 15 is 4.39 Å². The number of sulfonamides is 1. The molecule has 3 aromatic rings. The molecule has 2 aromatic carbocycles. The molecule has 2 atom stereocenters. The van der Waals surface area contributed by atoms with Crippen molar-refractivity contribution < 1.29 is 32.2 Å². The van der Waals surface area contributed by atoms with Crippen LogP contribution in [-0.4, -0.2) is 72.4 Å². The molecule has 43 heavy (non-hydrogen) atoms. The van der Waals surface area contributed by atoms with Crippen LogP contribution in [0, 0.1) is 5.82 Å². The first kappa shape index (κ1) is 30.9.